The lowest BCUT2D eigenvalue weighted by molar-refractivity contribution is -0.167. The fourth-order valence-electron chi connectivity index (χ4n) is 3.17. The zero-order valence-corrected chi connectivity index (χ0v) is 16.1. The third kappa shape index (κ3) is 5.87. The predicted molar refractivity (Wildman–Crippen MR) is 105 cm³/mol. The number of hydrogen-bond acceptors (Lipinski definition) is 4. The zero-order valence-electron chi connectivity index (χ0n) is 16.1. The second-order valence-corrected chi connectivity index (χ2v) is 6.96. The van der Waals surface area contributed by atoms with E-state index >= 15 is 0 Å². The number of nitrogens with zero attached hydrogens (tertiary/aromatic N) is 1. The van der Waals surface area contributed by atoms with E-state index in [4.69, 9.17) is 4.74 Å². The number of anilines is 1. The van der Waals surface area contributed by atoms with E-state index in [1.807, 2.05) is 48.5 Å². The van der Waals surface area contributed by atoms with E-state index in [9.17, 15) is 18.0 Å². The largest absolute Gasteiger partial charge is 0.497 e. The van der Waals surface area contributed by atoms with Gasteiger partial charge in [0.05, 0.1) is 13.5 Å². The summed E-state index contributed by atoms with van der Waals surface area (Å²) >= 11 is 0. The van der Waals surface area contributed by atoms with E-state index < -0.39 is 12.2 Å². The van der Waals surface area contributed by atoms with Gasteiger partial charge in [0.1, 0.15) is 11.8 Å². The van der Waals surface area contributed by atoms with Crippen LogP contribution in [0.2, 0.25) is 0 Å². The van der Waals surface area contributed by atoms with Gasteiger partial charge in [-0.05, 0) is 35.4 Å². The normalized spacial score (nSPS) is 17.1. The van der Waals surface area contributed by atoms with Crippen LogP contribution in [0.3, 0.4) is 0 Å². The molecule has 0 radical (unpaired) electrons. The smallest absolute Gasteiger partial charge is 0.405 e. The number of amides is 1. The summed E-state index contributed by atoms with van der Waals surface area (Å²) in [6.07, 6.45) is -4.26. The van der Waals surface area contributed by atoms with Crippen molar-refractivity contribution in [3.63, 3.8) is 0 Å². The summed E-state index contributed by atoms with van der Waals surface area (Å²) in [5.41, 5.74) is 2.77. The average molecular weight is 407 g/mol. The van der Waals surface area contributed by atoms with Crippen molar-refractivity contribution >= 4 is 11.6 Å². The Morgan fingerprint density at radius 2 is 1.79 bits per heavy atom. The van der Waals surface area contributed by atoms with Crippen molar-refractivity contribution in [3.05, 3.63) is 59.7 Å². The van der Waals surface area contributed by atoms with Crippen LogP contribution in [0.5, 0.6) is 5.75 Å². The Hall–Kier alpha value is -2.74. The number of carbonyl (C=O) groups excluding carboxylic acids is 1. The lowest BCUT2D eigenvalue weighted by Gasteiger charge is -2.34. The lowest BCUT2D eigenvalue weighted by atomic mass is 10.1. The maximum atomic E-state index is 12.9. The van der Waals surface area contributed by atoms with Crippen molar-refractivity contribution in [1.29, 1.82) is 0 Å². The highest BCUT2D eigenvalue weighted by Gasteiger charge is 2.42. The molecule has 0 saturated carbocycles. The van der Waals surface area contributed by atoms with Gasteiger partial charge in [-0.2, -0.15) is 13.2 Å². The molecular weight excluding hydrogens is 383 g/mol. The molecule has 0 bridgehead atoms. The first-order valence-electron chi connectivity index (χ1n) is 9.39. The Kier molecular flexibility index (Phi) is 6.64. The number of carbonyl (C=O) groups is 1. The lowest BCUT2D eigenvalue weighted by Crippen LogP contribution is -2.58. The number of halogens is 3. The highest BCUT2D eigenvalue weighted by molar-refractivity contribution is 5.79. The molecule has 2 N–H and O–H groups in total. The van der Waals surface area contributed by atoms with Crippen LogP contribution in [-0.2, 0) is 17.8 Å². The first-order valence-corrected chi connectivity index (χ1v) is 9.39. The summed E-state index contributed by atoms with van der Waals surface area (Å²) in [7, 11) is 1.62. The quantitative estimate of drug-likeness (QED) is 0.772. The summed E-state index contributed by atoms with van der Waals surface area (Å²) in [6, 6.07) is 13.4. The van der Waals surface area contributed by atoms with Gasteiger partial charge in [0.25, 0.3) is 0 Å². The molecule has 0 aromatic heterocycles. The Morgan fingerprint density at radius 3 is 2.41 bits per heavy atom. The molecule has 0 spiro atoms. The van der Waals surface area contributed by atoms with E-state index in [-0.39, 0.29) is 32.0 Å². The molecule has 1 heterocycles. The van der Waals surface area contributed by atoms with Crippen molar-refractivity contribution in [2.24, 2.45) is 0 Å². The van der Waals surface area contributed by atoms with Crippen molar-refractivity contribution in [3.8, 4) is 5.75 Å². The molecule has 3 rings (SSSR count). The highest BCUT2D eigenvalue weighted by Crippen LogP contribution is 2.23. The molecule has 2 aromatic carbocycles. The van der Waals surface area contributed by atoms with Crippen molar-refractivity contribution < 1.29 is 22.7 Å². The predicted octanol–water partition coefficient (Wildman–Crippen LogP) is 3.21. The van der Waals surface area contributed by atoms with E-state index in [0.717, 1.165) is 22.6 Å². The number of methoxy groups -OCH3 is 1. The summed E-state index contributed by atoms with van der Waals surface area (Å²) < 4.78 is 43.7. The Labute approximate surface area is 167 Å². The third-order valence-corrected chi connectivity index (χ3v) is 4.89. The molecule has 1 fully saturated rings. The second-order valence-electron chi connectivity index (χ2n) is 6.96. The Bertz CT molecular complexity index is 807. The minimum absolute atomic E-state index is 0.0866. The molecule has 1 aliphatic rings. The van der Waals surface area contributed by atoms with E-state index in [0.29, 0.717) is 6.54 Å². The van der Waals surface area contributed by atoms with Gasteiger partial charge in [-0.3, -0.25) is 4.79 Å². The standard InChI is InChI=1S/C21H24F3N3O2/c1-29-18-8-4-16(5-9-18)13-26-17-6-2-15(3-7-17)12-20(28)27-11-10-25-19(14-27)21(22,23)24/h2-9,19,25-26H,10-14H2,1H3. The average Bonchev–Trinajstić information content (AvgIpc) is 2.73. The van der Waals surface area contributed by atoms with Crippen molar-refractivity contribution in [1.82, 2.24) is 10.2 Å². The molecule has 1 aliphatic heterocycles. The van der Waals surface area contributed by atoms with Crippen LogP contribution < -0.4 is 15.4 Å². The number of alkyl halides is 3. The first-order chi connectivity index (χ1) is 13.8. The van der Waals surface area contributed by atoms with Gasteiger partial charge in [0, 0.05) is 31.9 Å². The zero-order chi connectivity index (χ0) is 20.9. The number of rotatable bonds is 6. The van der Waals surface area contributed by atoms with E-state index in [1.165, 1.54) is 4.90 Å². The number of benzene rings is 2. The van der Waals surface area contributed by atoms with Gasteiger partial charge in [-0.15, -0.1) is 0 Å². The van der Waals surface area contributed by atoms with Gasteiger partial charge in [0.2, 0.25) is 5.91 Å². The third-order valence-electron chi connectivity index (χ3n) is 4.89. The molecule has 1 amide bonds. The highest BCUT2D eigenvalue weighted by atomic mass is 19.4. The molecule has 1 unspecified atom stereocenters. The summed E-state index contributed by atoms with van der Waals surface area (Å²) in [4.78, 5) is 13.7. The van der Waals surface area contributed by atoms with Gasteiger partial charge < -0.3 is 20.3 Å². The van der Waals surface area contributed by atoms with Crippen LogP contribution in [0, 0.1) is 0 Å². The van der Waals surface area contributed by atoms with Crippen LogP contribution in [0.4, 0.5) is 18.9 Å². The molecule has 8 heteroatoms. The summed E-state index contributed by atoms with van der Waals surface area (Å²) in [5.74, 6) is 0.508. The minimum atomic E-state index is -4.35. The van der Waals surface area contributed by atoms with E-state index in [1.54, 1.807) is 7.11 Å². The molecule has 1 saturated heterocycles. The summed E-state index contributed by atoms with van der Waals surface area (Å²) in [5, 5.41) is 5.71. The Morgan fingerprint density at radius 1 is 1.14 bits per heavy atom. The molecule has 0 aliphatic carbocycles. The second kappa shape index (κ2) is 9.17. The van der Waals surface area contributed by atoms with Crippen LogP contribution in [0.25, 0.3) is 0 Å². The van der Waals surface area contributed by atoms with Crippen molar-refractivity contribution in [2.75, 3.05) is 32.1 Å². The maximum absolute atomic E-state index is 12.9. The fourth-order valence-corrected chi connectivity index (χ4v) is 3.17. The number of hydrogen-bond donors (Lipinski definition) is 2. The Balaban J connectivity index is 1.51. The molecule has 5 nitrogen and oxygen atoms in total. The first kappa shape index (κ1) is 21.0. The topological polar surface area (TPSA) is 53.6 Å². The maximum Gasteiger partial charge on any atom is 0.405 e. The molecule has 2 aromatic rings. The van der Waals surface area contributed by atoms with Gasteiger partial charge in [-0.1, -0.05) is 24.3 Å². The van der Waals surface area contributed by atoms with Crippen LogP contribution >= 0.6 is 0 Å². The van der Waals surface area contributed by atoms with Crippen LogP contribution in [0.15, 0.2) is 48.5 Å². The number of nitrogens with one attached hydrogen (secondary N) is 2. The van der Waals surface area contributed by atoms with E-state index in [2.05, 4.69) is 10.6 Å². The number of ether oxygens (including phenoxy) is 1. The SMILES string of the molecule is COc1ccc(CNc2ccc(CC(=O)N3CCNC(C(F)(F)F)C3)cc2)cc1. The minimum Gasteiger partial charge on any atom is -0.497 e. The molecule has 29 heavy (non-hydrogen) atoms. The van der Waals surface area contributed by atoms with Gasteiger partial charge in [0.15, 0.2) is 0 Å². The number of piperazine rings is 1. The molecule has 156 valence electrons. The van der Waals surface area contributed by atoms with Crippen LogP contribution in [-0.4, -0.2) is 49.8 Å². The summed E-state index contributed by atoms with van der Waals surface area (Å²) in [6.45, 7) is 0.725. The monoisotopic (exact) mass is 407 g/mol. The fraction of sp³-hybridized carbons (Fsp3) is 0.381. The van der Waals surface area contributed by atoms with Gasteiger partial charge in [-0.25, -0.2) is 0 Å². The molecular formula is C21H24F3N3O2. The van der Waals surface area contributed by atoms with Gasteiger partial charge >= 0.3 is 6.18 Å². The van der Waals surface area contributed by atoms with Crippen LogP contribution in [0.1, 0.15) is 11.1 Å². The van der Waals surface area contributed by atoms with Crippen molar-refractivity contribution in [2.45, 2.75) is 25.2 Å². The molecule has 1 atom stereocenters.